The fraction of sp³-hybridized carbons (Fsp3) is 0.455. The van der Waals surface area contributed by atoms with E-state index in [0.717, 1.165) is 13.0 Å². The molecule has 0 aliphatic rings. The van der Waals surface area contributed by atoms with Crippen LogP contribution in [0.5, 0.6) is 0 Å². The van der Waals surface area contributed by atoms with Gasteiger partial charge in [0.2, 0.25) is 0 Å². The van der Waals surface area contributed by atoms with Crippen molar-refractivity contribution in [3.05, 3.63) is 70.8 Å². The number of hydrogen-bond donors (Lipinski definition) is 1. The number of allylic oxidation sites excluding steroid dienone is 4. The molecule has 1 aromatic carbocycles. The molecule has 0 saturated carbocycles. The van der Waals surface area contributed by atoms with Crippen molar-refractivity contribution in [2.24, 2.45) is 0 Å². The Morgan fingerprint density at radius 2 is 1.74 bits per heavy atom. The highest BCUT2D eigenvalue weighted by Gasteiger charge is 2.19. The zero-order valence-corrected chi connectivity index (χ0v) is 16.2. The van der Waals surface area contributed by atoms with Crippen molar-refractivity contribution in [3.63, 3.8) is 0 Å². The summed E-state index contributed by atoms with van der Waals surface area (Å²) in [6.07, 6.45) is 7.04. The molecule has 0 fully saturated rings. The molecular weight excluding hydrogens is 278 g/mol. The van der Waals surface area contributed by atoms with Crippen LogP contribution in [0.2, 0.25) is 0 Å². The van der Waals surface area contributed by atoms with E-state index >= 15 is 0 Å². The molecule has 0 saturated heterocycles. The molecule has 1 N–H and O–H groups in total. The molecule has 1 aromatic rings. The van der Waals surface area contributed by atoms with Crippen LogP contribution >= 0.6 is 0 Å². The van der Waals surface area contributed by atoms with Crippen LogP contribution in [0, 0.1) is 13.8 Å². The van der Waals surface area contributed by atoms with Crippen LogP contribution in [-0.4, -0.2) is 6.54 Å². The van der Waals surface area contributed by atoms with Gasteiger partial charge in [0.1, 0.15) is 0 Å². The molecule has 1 rings (SSSR count). The predicted octanol–water partition coefficient (Wildman–Crippen LogP) is 6.45. The smallest absolute Gasteiger partial charge is 0.0546 e. The largest absolute Gasteiger partial charge is 0.307 e. The van der Waals surface area contributed by atoms with Crippen LogP contribution in [0.1, 0.15) is 63.8 Å². The summed E-state index contributed by atoms with van der Waals surface area (Å²) in [5.41, 5.74) is 6.90. The highest BCUT2D eigenvalue weighted by atomic mass is 14.9. The van der Waals surface area contributed by atoms with Crippen molar-refractivity contribution >= 4 is 0 Å². The Morgan fingerprint density at radius 3 is 2.17 bits per heavy atom. The lowest BCUT2D eigenvalue weighted by Gasteiger charge is -2.26. The Balaban J connectivity index is 0.00000232. The lowest BCUT2D eigenvalue weighted by Crippen LogP contribution is -2.25. The number of aryl methyl sites for hydroxylation is 2. The highest BCUT2D eigenvalue weighted by Crippen LogP contribution is 2.31. The van der Waals surface area contributed by atoms with E-state index in [1.165, 1.54) is 27.8 Å². The van der Waals surface area contributed by atoms with Gasteiger partial charge in [0, 0.05) is 0 Å². The summed E-state index contributed by atoms with van der Waals surface area (Å²) in [6.45, 7) is 19.7. The van der Waals surface area contributed by atoms with E-state index in [1.54, 1.807) is 0 Å². The third-order valence-corrected chi connectivity index (χ3v) is 3.96. The number of rotatable bonds is 7. The van der Waals surface area contributed by atoms with Gasteiger partial charge in [-0.2, -0.15) is 0 Å². The molecule has 0 amide bonds. The minimum absolute atomic E-state index is 0.288. The van der Waals surface area contributed by atoms with Gasteiger partial charge in [0.15, 0.2) is 0 Å². The second kappa shape index (κ2) is 11.9. The maximum atomic E-state index is 3.76. The van der Waals surface area contributed by atoms with Crippen LogP contribution in [0.15, 0.2) is 54.2 Å². The minimum atomic E-state index is 0.288. The van der Waals surface area contributed by atoms with Gasteiger partial charge in [-0.3, -0.25) is 0 Å². The molecule has 0 spiro atoms. The van der Waals surface area contributed by atoms with Crippen LogP contribution in [0.3, 0.4) is 0 Å². The predicted molar refractivity (Wildman–Crippen MR) is 106 cm³/mol. The van der Waals surface area contributed by atoms with Crippen molar-refractivity contribution in [2.75, 3.05) is 6.54 Å². The van der Waals surface area contributed by atoms with E-state index in [9.17, 15) is 0 Å². The van der Waals surface area contributed by atoms with Gasteiger partial charge in [-0.1, -0.05) is 76.3 Å². The first kappa shape index (κ1) is 21.4. The molecule has 23 heavy (non-hydrogen) atoms. The van der Waals surface area contributed by atoms with Gasteiger partial charge >= 0.3 is 0 Å². The summed E-state index contributed by atoms with van der Waals surface area (Å²) in [5, 5.41) is 3.67. The molecule has 0 bridgehead atoms. The molecular formula is C22H35N. The average Bonchev–Trinajstić information content (AvgIpc) is 2.55. The molecule has 1 heteroatoms. The first-order valence-corrected chi connectivity index (χ1v) is 8.84. The van der Waals surface area contributed by atoms with E-state index in [4.69, 9.17) is 0 Å². The minimum Gasteiger partial charge on any atom is -0.307 e. The number of nitrogens with one attached hydrogen (secondary N) is 1. The lowest BCUT2D eigenvalue weighted by molar-refractivity contribution is 0.596. The second-order valence-electron chi connectivity index (χ2n) is 5.45. The van der Waals surface area contributed by atoms with Crippen molar-refractivity contribution in [2.45, 2.75) is 60.9 Å². The van der Waals surface area contributed by atoms with E-state index < -0.39 is 0 Å². The summed E-state index contributed by atoms with van der Waals surface area (Å²) in [6, 6.07) is 6.83. The quantitative estimate of drug-likeness (QED) is 0.570. The van der Waals surface area contributed by atoms with Gasteiger partial charge in [-0.15, -0.1) is 0 Å². The van der Waals surface area contributed by atoms with E-state index in [-0.39, 0.29) is 6.04 Å². The normalized spacial score (nSPS) is 13.2. The molecule has 0 aliphatic heterocycles. The summed E-state index contributed by atoms with van der Waals surface area (Å²) < 4.78 is 0. The van der Waals surface area contributed by atoms with Gasteiger partial charge in [-0.25, -0.2) is 0 Å². The Bertz CT molecular complexity index is 515. The van der Waals surface area contributed by atoms with E-state index in [1.807, 2.05) is 26.0 Å². The maximum absolute atomic E-state index is 3.76. The van der Waals surface area contributed by atoms with Crippen LogP contribution in [0.25, 0.3) is 0 Å². The maximum Gasteiger partial charge on any atom is 0.0546 e. The zero-order valence-electron chi connectivity index (χ0n) is 16.2. The fourth-order valence-corrected chi connectivity index (χ4v) is 2.92. The number of benzene rings is 1. The molecule has 0 heterocycles. The van der Waals surface area contributed by atoms with Crippen molar-refractivity contribution < 1.29 is 0 Å². The van der Waals surface area contributed by atoms with E-state index in [2.05, 4.69) is 70.8 Å². The highest BCUT2D eigenvalue weighted by molar-refractivity contribution is 5.43. The number of hydrogen-bond acceptors (Lipinski definition) is 1. The van der Waals surface area contributed by atoms with E-state index in [0.29, 0.717) is 0 Å². The summed E-state index contributed by atoms with van der Waals surface area (Å²) in [7, 11) is 0. The topological polar surface area (TPSA) is 12.0 Å². The SMILES string of the molecule is C=C/C=C\C(C)=C(/CC)C(NCC)c1c(C)cccc1C.CC. The molecule has 0 aliphatic carbocycles. The molecule has 128 valence electrons. The zero-order chi connectivity index (χ0) is 17.8. The molecule has 1 unspecified atom stereocenters. The van der Waals surface area contributed by atoms with Gasteiger partial charge in [0.05, 0.1) is 6.04 Å². The number of likely N-dealkylation sites (N-methyl/N-ethyl adjacent to an activating group) is 1. The first-order chi connectivity index (χ1) is 11.1. The Kier molecular flexibility index (Phi) is 11.1. The molecule has 0 radical (unpaired) electrons. The molecule has 0 aromatic heterocycles. The summed E-state index contributed by atoms with van der Waals surface area (Å²) in [4.78, 5) is 0. The Hall–Kier alpha value is -1.60. The lowest BCUT2D eigenvalue weighted by atomic mass is 9.87. The van der Waals surface area contributed by atoms with Crippen LogP contribution in [-0.2, 0) is 0 Å². The fourth-order valence-electron chi connectivity index (χ4n) is 2.92. The second-order valence-corrected chi connectivity index (χ2v) is 5.45. The van der Waals surface area contributed by atoms with Crippen molar-refractivity contribution in [3.8, 4) is 0 Å². The van der Waals surface area contributed by atoms with Crippen molar-refractivity contribution in [1.82, 2.24) is 5.32 Å². The van der Waals surface area contributed by atoms with Gasteiger partial charge < -0.3 is 5.32 Å². The standard InChI is InChI=1S/C20H29N.C2H6/c1-7-10-12-15(4)18(8-2)20(21-9-3)19-16(5)13-11-14-17(19)6;1-2/h7,10-14,20-21H,1,8-9H2,2-6H3;1-2H3/b12-10-,18-15+;. The average molecular weight is 314 g/mol. The summed E-state index contributed by atoms with van der Waals surface area (Å²) >= 11 is 0. The van der Waals surface area contributed by atoms with Crippen LogP contribution < -0.4 is 5.32 Å². The third-order valence-electron chi connectivity index (χ3n) is 3.96. The monoisotopic (exact) mass is 313 g/mol. The summed E-state index contributed by atoms with van der Waals surface area (Å²) in [5.74, 6) is 0. The first-order valence-electron chi connectivity index (χ1n) is 8.84. The van der Waals surface area contributed by atoms with Crippen LogP contribution in [0.4, 0.5) is 0 Å². The van der Waals surface area contributed by atoms with Gasteiger partial charge in [-0.05, 0) is 56.0 Å². The van der Waals surface area contributed by atoms with Crippen molar-refractivity contribution in [1.29, 1.82) is 0 Å². The third kappa shape index (κ3) is 6.19. The van der Waals surface area contributed by atoms with Gasteiger partial charge in [0.25, 0.3) is 0 Å². The Morgan fingerprint density at radius 1 is 1.17 bits per heavy atom. The Labute approximate surface area is 144 Å². The molecule has 1 nitrogen and oxygen atoms in total. The molecule has 1 atom stereocenters.